The minimum absolute atomic E-state index is 0.0754. The third kappa shape index (κ3) is 5.61. The molecule has 0 aromatic heterocycles. The van der Waals surface area contributed by atoms with E-state index in [1.807, 2.05) is 6.92 Å². The zero-order valence-electron chi connectivity index (χ0n) is 12.6. The Labute approximate surface area is 124 Å². The van der Waals surface area contributed by atoms with Crippen LogP contribution in [0.25, 0.3) is 0 Å². The summed E-state index contributed by atoms with van der Waals surface area (Å²) < 4.78 is 4.73. The summed E-state index contributed by atoms with van der Waals surface area (Å²) in [5.41, 5.74) is 0. The lowest BCUT2D eigenvalue weighted by Gasteiger charge is -2.34. The van der Waals surface area contributed by atoms with Gasteiger partial charge in [-0.3, -0.25) is 4.79 Å². The molecular formula is C14H24N2O5. The molecule has 2 amide bonds. The molecule has 0 aliphatic carbocycles. The van der Waals surface area contributed by atoms with Crippen LogP contribution < -0.4 is 5.32 Å². The zero-order valence-corrected chi connectivity index (χ0v) is 12.6. The number of carboxylic acids is 1. The Morgan fingerprint density at radius 3 is 2.71 bits per heavy atom. The fourth-order valence-electron chi connectivity index (χ4n) is 2.39. The van der Waals surface area contributed by atoms with Crippen molar-refractivity contribution in [2.24, 2.45) is 5.92 Å². The molecule has 0 bridgehead atoms. The Kier molecular flexibility index (Phi) is 6.98. The molecule has 0 aromatic carbocycles. The summed E-state index contributed by atoms with van der Waals surface area (Å²) in [4.78, 5) is 35.9. The number of urea groups is 1. The van der Waals surface area contributed by atoms with Gasteiger partial charge in [-0.05, 0) is 31.6 Å². The van der Waals surface area contributed by atoms with E-state index in [1.54, 1.807) is 0 Å². The number of methoxy groups -OCH3 is 1. The average molecular weight is 300 g/mol. The van der Waals surface area contributed by atoms with Crippen LogP contribution in [-0.4, -0.2) is 54.2 Å². The predicted octanol–water partition coefficient (Wildman–Crippen LogP) is 1.22. The number of nitrogens with zero attached hydrogens (tertiary/aromatic N) is 1. The molecule has 2 atom stereocenters. The van der Waals surface area contributed by atoms with Crippen LogP contribution in [0.1, 0.15) is 39.0 Å². The second-order valence-electron chi connectivity index (χ2n) is 5.45. The molecule has 1 fully saturated rings. The average Bonchev–Trinajstić information content (AvgIpc) is 2.49. The van der Waals surface area contributed by atoms with E-state index in [0.29, 0.717) is 25.9 Å². The van der Waals surface area contributed by atoms with Crippen molar-refractivity contribution in [3.05, 3.63) is 0 Å². The minimum atomic E-state index is -0.838. The van der Waals surface area contributed by atoms with Crippen molar-refractivity contribution in [2.75, 3.05) is 20.2 Å². The number of nitrogens with one attached hydrogen (secondary N) is 1. The number of carboxylic acid groups (broad SMARTS) is 1. The Morgan fingerprint density at radius 2 is 2.10 bits per heavy atom. The van der Waals surface area contributed by atoms with Crippen molar-refractivity contribution in [3.8, 4) is 0 Å². The first-order valence-electron chi connectivity index (χ1n) is 7.29. The summed E-state index contributed by atoms with van der Waals surface area (Å²) in [7, 11) is 1.32. The Bertz CT molecular complexity index is 386. The molecule has 7 heteroatoms. The largest absolute Gasteiger partial charge is 0.481 e. The topological polar surface area (TPSA) is 95.9 Å². The van der Waals surface area contributed by atoms with E-state index >= 15 is 0 Å². The predicted molar refractivity (Wildman–Crippen MR) is 75.8 cm³/mol. The number of esters is 1. The quantitative estimate of drug-likeness (QED) is 0.719. The number of ether oxygens (including phenoxy) is 1. The molecule has 0 aromatic rings. The minimum Gasteiger partial charge on any atom is -0.481 e. The zero-order chi connectivity index (χ0) is 15.8. The van der Waals surface area contributed by atoms with Gasteiger partial charge in [-0.25, -0.2) is 9.59 Å². The molecule has 120 valence electrons. The van der Waals surface area contributed by atoms with Crippen molar-refractivity contribution >= 4 is 18.0 Å². The molecule has 1 aliphatic heterocycles. The van der Waals surface area contributed by atoms with Gasteiger partial charge in [0, 0.05) is 19.5 Å². The lowest BCUT2D eigenvalue weighted by atomic mass is 10.0. The summed E-state index contributed by atoms with van der Waals surface area (Å²) in [6.07, 6.45) is 2.99. The Balaban J connectivity index is 2.45. The normalized spacial score (nSPS) is 19.7. The maximum Gasteiger partial charge on any atom is 0.328 e. The molecule has 1 rings (SSSR count). The highest BCUT2D eigenvalue weighted by Gasteiger charge is 2.32. The summed E-state index contributed by atoms with van der Waals surface area (Å²) in [6.45, 7) is 2.82. The third-order valence-corrected chi connectivity index (χ3v) is 3.69. The fraction of sp³-hybridized carbons (Fsp3) is 0.786. The SMILES string of the molecule is COC(=O)C1CCCCN1C(=O)NCC(C)CCC(=O)O. The van der Waals surface area contributed by atoms with Crippen LogP contribution in [0, 0.1) is 5.92 Å². The second-order valence-corrected chi connectivity index (χ2v) is 5.45. The van der Waals surface area contributed by atoms with E-state index in [-0.39, 0.29) is 24.3 Å². The van der Waals surface area contributed by atoms with Gasteiger partial charge in [0.2, 0.25) is 0 Å². The first-order valence-corrected chi connectivity index (χ1v) is 7.29. The number of amides is 2. The maximum absolute atomic E-state index is 12.2. The van der Waals surface area contributed by atoms with Crippen molar-refractivity contribution in [3.63, 3.8) is 0 Å². The summed E-state index contributed by atoms with van der Waals surface area (Å²) in [5, 5.41) is 11.4. The molecule has 2 unspecified atom stereocenters. The first kappa shape index (κ1) is 17.3. The van der Waals surface area contributed by atoms with E-state index in [2.05, 4.69) is 5.32 Å². The van der Waals surface area contributed by atoms with E-state index < -0.39 is 12.0 Å². The number of carbonyl (C=O) groups is 3. The van der Waals surface area contributed by atoms with Gasteiger partial charge in [-0.15, -0.1) is 0 Å². The van der Waals surface area contributed by atoms with Crippen LogP contribution in [0.3, 0.4) is 0 Å². The van der Waals surface area contributed by atoms with Gasteiger partial charge < -0.3 is 20.1 Å². The van der Waals surface area contributed by atoms with Crippen LogP contribution in [0.15, 0.2) is 0 Å². The molecule has 0 spiro atoms. The van der Waals surface area contributed by atoms with Crippen molar-refractivity contribution in [1.82, 2.24) is 10.2 Å². The number of hydrogen-bond donors (Lipinski definition) is 2. The van der Waals surface area contributed by atoms with Gasteiger partial charge in [-0.2, -0.15) is 0 Å². The monoisotopic (exact) mass is 300 g/mol. The number of piperidine rings is 1. The van der Waals surface area contributed by atoms with Crippen LogP contribution in [-0.2, 0) is 14.3 Å². The van der Waals surface area contributed by atoms with Crippen LogP contribution in [0.2, 0.25) is 0 Å². The van der Waals surface area contributed by atoms with Crippen LogP contribution >= 0.6 is 0 Å². The van der Waals surface area contributed by atoms with Crippen LogP contribution in [0.4, 0.5) is 4.79 Å². The maximum atomic E-state index is 12.2. The van der Waals surface area contributed by atoms with Gasteiger partial charge in [-0.1, -0.05) is 6.92 Å². The van der Waals surface area contributed by atoms with Gasteiger partial charge in [0.15, 0.2) is 0 Å². The first-order chi connectivity index (χ1) is 9.95. The number of rotatable bonds is 6. The number of hydrogen-bond acceptors (Lipinski definition) is 4. The Hall–Kier alpha value is -1.79. The molecule has 0 saturated carbocycles. The second kappa shape index (κ2) is 8.49. The highest BCUT2D eigenvalue weighted by atomic mass is 16.5. The summed E-state index contributed by atoms with van der Waals surface area (Å²) in [5.74, 6) is -1.15. The molecule has 1 heterocycles. The molecule has 0 radical (unpaired) electrons. The third-order valence-electron chi connectivity index (χ3n) is 3.69. The molecule has 1 saturated heterocycles. The smallest absolute Gasteiger partial charge is 0.328 e. The number of likely N-dealkylation sites (tertiary alicyclic amines) is 1. The molecule has 2 N–H and O–H groups in total. The van der Waals surface area contributed by atoms with Crippen molar-refractivity contribution < 1.29 is 24.2 Å². The van der Waals surface area contributed by atoms with Gasteiger partial charge >= 0.3 is 18.0 Å². The van der Waals surface area contributed by atoms with E-state index in [1.165, 1.54) is 12.0 Å². The van der Waals surface area contributed by atoms with E-state index in [9.17, 15) is 14.4 Å². The summed E-state index contributed by atoms with van der Waals surface area (Å²) in [6, 6.07) is -0.801. The van der Waals surface area contributed by atoms with Crippen molar-refractivity contribution in [1.29, 1.82) is 0 Å². The highest BCUT2D eigenvalue weighted by molar-refractivity contribution is 5.83. The number of carbonyl (C=O) groups excluding carboxylic acids is 2. The van der Waals surface area contributed by atoms with Gasteiger partial charge in [0.25, 0.3) is 0 Å². The standard InChI is InChI=1S/C14H24N2O5/c1-10(6-7-12(17)18)9-15-14(20)16-8-4-3-5-11(16)13(19)21-2/h10-11H,3-9H2,1-2H3,(H,15,20)(H,17,18). The number of aliphatic carboxylic acids is 1. The highest BCUT2D eigenvalue weighted by Crippen LogP contribution is 2.18. The van der Waals surface area contributed by atoms with Gasteiger partial charge in [0.1, 0.15) is 6.04 Å². The fourth-order valence-corrected chi connectivity index (χ4v) is 2.39. The molecule has 7 nitrogen and oxygen atoms in total. The van der Waals surface area contributed by atoms with Crippen molar-refractivity contribution in [2.45, 2.75) is 45.1 Å². The molecule has 21 heavy (non-hydrogen) atoms. The van der Waals surface area contributed by atoms with Crippen LogP contribution in [0.5, 0.6) is 0 Å². The molecule has 1 aliphatic rings. The van der Waals surface area contributed by atoms with E-state index in [4.69, 9.17) is 9.84 Å². The lowest BCUT2D eigenvalue weighted by molar-refractivity contribution is -0.147. The lowest BCUT2D eigenvalue weighted by Crippen LogP contribution is -2.52. The molecular weight excluding hydrogens is 276 g/mol. The van der Waals surface area contributed by atoms with E-state index in [0.717, 1.165) is 12.8 Å². The van der Waals surface area contributed by atoms with Gasteiger partial charge in [0.05, 0.1) is 7.11 Å². The Morgan fingerprint density at radius 1 is 1.38 bits per heavy atom. The summed E-state index contributed by atoms with van der Waals surface area (Å²) >= 11 is 0.